The molecule has 7 nitrogen and oxygen atoms in total. The highest BCUT2D eigenvalue weighted by molar-refractivity contribution is 5.78. The average molecular weight is 454 g/mol. The summed E-state index contributed by atoms with van der Waals surface area (Å²) in [5.41, 5.74) is 7.51. The molecule has 3 aromatic rings. The molecule has 2 heterocycles. The summed E-state index contributed by atoms with van der Waals surface area (Å²) in [6, 6.07) is 11.4. The number of alkyl halides is 3. The molecule has 3 N–H and O–H groups in total. The molecule has 0 radical (unpaired) electrons. The Hall–Kier alpha value is -3.50. The number of benzene rings is 2. The number of fused-ring (bicyclic) bond motifs is 1. The van der Waals surface area contributed by atoms with E-state index in [2.05, 4.69) is 26.2 Å². The van der Waals surface area contributed by atoms with Crippen molar-refractivity contribution in [2.75, 3.05) is 11.6 Å². The van der Waals surface area contributed by atoms with Crippen molar-refractivity contribution in [3.05, 3.63) is 75.8 Å². The van der Waals surface area contributed by atoms with Crippen molar-refractivity contribution in [1.82, 2.24) is 26.2 Å². The Balaban J connectivity index is 1.53. The highest BCUT2D eigenvalue weighted by Crippen LogP contribution is 2.34. The van der Waals surface area contributed by atoms with Crippen molar-refractivity contribution in [2.24, 2.45) is 0 Å². The summed E-state index contributed by atoms with van der Waals surface area (Å²) in [6.07, 6.45) is -0.296. The molecule has 10 heteroatoms. The zero-order valence-corrected chi connectivity index (χ0v) is 17.7. The summed E-state index contributed by atoms with van der Waals surface area (Å²) in [6.45, 7) is 2.05. The van der Waals surface area contributed by atoms with Crippen LogP contribution in [0.2, 0.25) is 0 Å². The van der Waals surface area contributed by atoms with Gasteiger partial charge in [-0.1, -0.05) is 12.1 Å². The molecule has 0 atom stereocenters. The predicted molar refractivity (Wildman–Crippen MR) is 119 cm³/mol. The monoisotopic (exact) mass is 454 g/mol. The molecule has 1 aliphatic carbocycles. The summed E-state index contributed by atoms with van der Waals surface area (Å²) in [5, 5.41) is 5.35. The van der Waals surface area contributed by atoms with Crippen LogP contribution < -0.4 is 26.8 Å². The van der Waals surface area contributed by atoms with Gasteiger partial charge in [0.2, 0.25) is 0 Å². The molecule has 170 valence electrons. The number of aromatic nitrogens is 2. The van der Waals surface area contributed by atoms with Crippen molar-refractivity contribution < 1.29 is 13.2 Å². The van der Waals surface area contributed by atoms with Crippen LogP contribution >= 0.6 is 0 Å². The van der Waals surface area contributed by atoms with Crippen LogP contribution in [0.5, 0.6) is 0 Å². The van der Waals surface area contributed by atoms with Crippen molar-refractivity contribution in [1.29, 1.82) is 0 Å². The molecule has 0 saturated heterocycles. The van der Waals surface area contributed by atoms with E-state index in [1.807, 2.05) is 29.4 Å². The van der Waals surface area contributed by atoms with E-state index in [0.29, 0.717) is 23.8 Å². The summed E-state index contributed by atoms with van der Waals surface area (Å²) in [5.74, 6) is 0. The zero-order chi connectivity index (χ0) is 23.2. The third-order valence-electron chi connectivity index (χ3n) is 5.61. The van der Waals surface area contributed by atoms with Gasteiger partial charge in [0, 0.05) is 30.4 Å². The third-order valence-corrected chi connectivity index (χ3v) is 5.61. The van der Waals surface area contributed by atoms with E-state index >= 15 is 0 Å². The van der Waals surface area contributed by atoms with Crippen molar-refractivity contribution in [3.8, 4) is 11.3 Å². The summed E-state index contributed by atoms with van der Waals surface area (Å²) < 4.78 is 39.9. The number of aryl methyl sites for hydroxylation is 1. The van der Waals surface area contributed by atoms with Crippen LogP contribution in [0.1, 0.15) is 24.0 Å². The van der Waals surface area contributed by atoms with Gasteiger partial charge in [0.05, 0.1) is 33.7 Å². The molecule has 2 aromatic carbocycles. The lowest BCUT2D eigenvalue weighted by Crippen LogP contribution is -2.39. The standard InChI is InChI=1S/C23H21F3N6O/c1-13-7-20-21(9-18(13)23(24,25)26)30-22(33)10-19(29-20)14-3-2-4-16(8-14)32-17(12-28-31-32)11-27-15-5-6-15/h2-4,7-10,12,15,27-28,31H,5-6,11H2,1H3. The van der Waals surface area contributed by atoms with E-state index in [1.54, 1.807) is 6.07 Å². The predicted octanol–water partition coefficient (Wildman–Crippen LogP) is 3.41. The number of nitrogens with one attached hydrogen (secondary N) is 3. The van der Waals surface area contributed by atoms with Crippen molar-refractivity contribution in [2.45, 2.75) is 32.0 Å². The van der Waals surface area contributed by atoms with E-state index in [4.69, 9.17) is 0 Å². The average Bonchev–Trinajstić information content (AvgIpc) is 3.50. The van der Waals surface area contributed by atoms with Crippen LogP contribution in [0.4, 0.5) is 18.9 Å². The van der Waals surface area contributed by atoms with Gasteiger partial charge in [-0.2, -0.15) is 13.2 Å². The maximum absolute atomic E-state index is 13.3. The van der Waals surface area contributed by atoms with Gasteiger partial charge in [0.25, 0.3) is 5.56 Å². The molecule has 1 aliphatic heterocycles. The van der Waals surface area contributed by atoms with Crippen LogP contribution in [0.3, 0.4) is 0 Å². The van der Waals surface area contributed by atoms with Crippen molar-refractivity contribution >= 4 is 16.7 Å². The van der Waals surface area contributed by atoms with Gasteiger partial charge in [-0.3, -0.25) is 9.80 Å². The van der Waals surface area contributed by atoms with Gasteiger partial charge in [-0.25, -0.2) is 9.97 Å². The van der Waals surface area contributed by atoms with E-state index in [0.717, 1.165) is 17.5 Å². The van der Waals surface area contributed by atoms with E-state index in [1.165, 1.54) is 31.9 Å². The molecule has 0 spiro atoms. The molecule has 0 unspecified atom stereocenters. The van der Waals surface area contributed by atoms with Crippen LogP contribution in [0.25, 0.3) is 22.3 Å². The molecular weight excluding hydrogens is 433 g/mol. The number of rotatable bonds is 5. The first kappa shape index (κ1) is 21.4. The summed E-state index contributed by atoms with van der Waals surface area (Å²) in [7, 11) is 0. The molecule has 0 bridgehead atoms. The number of nitrogens with zero attached hydrogens (tertiary/aromatic N) is 3. The second-order valence-electron chi connectivity index (χ2n) is 8.18. The van der Waals surface area contributed by atoms with Crippen LogP contribution in [0.15, 0.2) is 59.2 Å². The van der Waals surface area contributed by atoms with Crippen LogP contribution in [0, 0.1) is 6.92 Å². The fraction of sp³-hybridized carbons (Fsp3) is 0.261. The fourth-order valence-corrected chi connectivity index (χ4v) is 3.76. The Morgan fingerprint density at radius 1 is 1.12 bits per heavy atom. The maximum atomic E-state index is 13.3. The first-order valence-corrected chi connectivity index (χ1v) is 10.5. The molecular formula is C23H21F3N6O. The quantitative estimate of drug-likeness (QED) is 0.545. The number of halogens is 3. The van der Waals surface area contributed by atoms with Gasteiger partial charge >= 0.3 is 6.18 Å². The van der Waals surface area contributed by atoms with E-state index in [9.17, 15) is 18.0 Å². The van der Waals surface area contributed by atoms with Crippen molar-refractivity contribution in [3.63, 3.8) is 0 Å². The Bertz CT molecular complexity index is 1320. The molecule has 0 amide bonds. The summed E-state index contributed by atoms with van der Waals surface area (Å²) in [4.78, 5) is 20.7. The van der Waals surface area contributed by atoms with E-state index < -0.39 is 17.3 Å². The number of hydrogen-bond acceptors (Lipinski definition) is 7. The second kappa shape index (κ2) is 8.13. The molecule has 5 rings (SSSR count). The van der Waals surface area contributed by atoms with E-state index in [-0.39, 0.29) is 16.6 Å². The lowest BCUT2D eigenvalue weighted by Gasteiger charge is -2.22. The molecule has 2 aliphatic rings. The second-order valence-corrected chi connectivity index (χ2v) is 8.18. The SMILES string of the molecule is Cc1cc2nc(-c3cccc(N4NNC=C4CNC4CC4)c3)cc(=O)nc2cc1C(F)(F)F. The normalized spacial score (nSPS) is 16.1. The highest BCUT2D eigenvalue weighted by Gasteiger charge is 2.33. The third kappa shape index (κ3) is 4.53. The Labute approximate surface area is 187 Å². The van der Waals surface area contributed by atoms with Gasteiger partial charge in [-0.05, 0) is 49.6 Å². The largest absolute Gasteiger partial charge is 0.416 e. The minimum atomic E-state index is -4.54. The molecule has 1 saturated carbocycles. The summed E-state index contributed by atoms with van der Waals surface area (Å²) >= 11 is 0. The Morgan fingerprint density at radius 2 is 1.91 bits per heavy atom. The first-order chi connectivity index (χ1) is 15.8. The Morgan fingerprint density at radius 3 is 2.67 bits per heavy atom. The number of hydrogen-bond donors (Lipinski definition) is 3. The number of anilines is 1. The molecule has 1 aromatic heterocycles. The maximum Gasteiger partial charge on any atom is 0.416 e. The highest BCUT2D eigenvalue weighted by atomic mass is 19.4. The van der Waals surface area contributed by atoms with Gasteiger partial charge in [0.1, 0.15) is 0 Å². The first-order valence-electron chi connectivity index (χ1n) is 10.5. The minimum absolute atomic E-state index is 0.0212. The lowest BCUT2D eigenvalue weighted by atomic mass is 10.1. The van der Waals surface area contributed by atoms with Gasteiger partial charge in [0.15, 0.2) is 0 Å². The Kier molecular flexibility index (Phi) is 5.26. The lowest BCUT2D eigenvalue weighted by molar-refractivity contribution is -0.137. The zero-order valence-electron chi connectivity index (χ0n) is 17.7. The van der Waals surface area contributed by atoms with Crippen LogP contribution in [-0.4, -0.2) is 22.6 Å². The van der Waals surface area contributed by atoms with Gasteiger partial charge in [-0.15, -0.1) is 5.53 Å². The smallest absolute Gasteiger partial charge is 0.309 e. The molecule has 1 fully saturated rings. The van der Waals surface area contributed by atoms with Crippen LogP contribution in [-0.2, 0) is 6.18 Å². The minimum Gasteiger partial charge on any atom is -0.309 e. The topological polar surface area (TPSA) is 82.2 Å². The number of hydrazine groups is 2. The van der Waals surface area contributed by atoms with Gasteiger partial charge < -0.3 is 10.7 Å². The molecule has 33 heavy (non-hydrogen) atoms. The fourth-order valence-electron chi connectivity index (χ4n) is 3.76.